The molecule has 2 rings (SSSR count). The van der Waals surface area contributed by atoms with Crippen LogP contribution in [0.2, 0.25) is 0 Å². The van der Waals surface area contributed by atoms with Crippen molar-refractivity contribution in [2.75, 3.05) is 25.2 Å². The van der Waals surface area contributed by atoms with Crippen molar-refractivity contribution in [2.24, 2.45) is 0 Å². The summed E-state index contributed by atoms with van der Waals surface area (Å²) in [5.41, 5.74) is 7.81. The molecule has 0 aliphatic heterocycles. The molecule has 1 aromatic carbocycles. The second-order valence-corrected chi connectivity index (χ2v) is 4.68. The van der Waals surface area contributed by atoms with E-state index >= 15 is 0 Å². The third-order valence-corrected chi connectivity index (χ3v) is 3.48. The number of fused-ring (bicyclic) bond motifs is 1. The summed E-state index contributed by atoms with van der Waals surface area (Å²) in [6.45, 7) is 0.791. The number of aromatic nitrogens is 2. The number of anilines is 1. The lowest BCUT2D eigenvalue weighted by Crippen LogP contribution is -1.93. The predicted molar refractivity (Wildman–Crippen MR) is 67.7 cm³/mol. The van der Waals surface area contributed by atoms with Gasteiger partial charge in [0.05, 0.1) is 11.7 Å². The number of nitrogens with two attached hydrogens (primary N) is 1. The zero-order chi connectivity index (χ0) is 11.4. The van der Waals surface area contributed by atoms with Crippen LogP contribution in [0.4, 0.5) is 5.69 Å². The number of hydrogen-bond acceptors (Lipinski definition) is 4. The second kappa shape index (κ2) is 5.23. The van der Waals surface area contributed by atoms with Crippen LogP contribution < -0.4 is 5.73 Å². The van der Waals surface area contributed by atoms with Crippen LogP contribution in [0.15, 0.2) is 23.2 Å². The largest absolute Gasteiger partial charge is 0.398 e. The molecular formula is C11H15N3OS. The Labute approximate surface area is 98.5 Å². The fraction of sp³-hybridized carbons (Fsp3) is 0.364. The van der Waals surface area contributed by atoms with Crippen molar-refractivity contribution in [3.05, 3.63) is 18.3 Å². The van der Waals surface area contributed by atoms with Gasteiger partial charge >= 0.3 is 0 Å². The zero-order valence-electron chi connectivity index (χ0n) is 9.19. The van der Waals surface area contributed by atoms with E-state index in [-0.39, 0.29) is 0 Å². The fourth-order valence-corrected chi connectivity index (χ4v) is 2.41. The van der Waals surface area contributed by atoms with Crippen molar-refractivity contribution >= 4 is 28.4 Å². The first-order chi connectivity index (χ1) is 7.81. The molecule has 0 spiro atoms. The Morgan fingerprint density at radius 2 is 2.38 bits per heavy atom. The lowest BCUT2D eigenvalue weighted by molar-refractivity contribution is 0.200. The topological polar surface area (TPSA) is 63.9 Å². The third kappa shape index (κ3) is 2.48. The Bertz CT molecular complexity index is 469. The molecule has 5 heteroatoms. The average molecular weight is 237 g/mol. The van der Waals surface area contributed by atoms with Gasteiger partial charge in [-0.25, -0.2) is 0 Å². The third-order valence-electron chi connectivity index (χ3n) is 2.32. The van der Waals surface area contributed by atoms with E-state index in [1.807, 2.05) is 6.07 Å². The number of benzene rings is 1. The maximum absolute atomic E-state index is 5.97. The van der Waals surface area contributed by atoms with E-state index in [0.717, 1.165) is 40.3 Å². The number of thioether (sulfide) groups is 1. The lowest BCUT2D eigenvalue weighted by Gasteiger charge is -2.05. The van der Waals surface area contributed by atoms with Crippen LogP contribution in [0.25, 0.3) is 10.9 Å². The van der Waals surface area contributed by atoms with Gasteiger partial charge in [0, 0.05) is 35.4 Å². The summed E-state index contributed by atoms with van der Waals surface area (Å²) < 4.78 is 5.01. The van der Waals surface area contributed by atoms with Crippen LogP contribution >= 0.6 is 11.8 Å². The quantitative estimate of drug-likeness (QED) is 0.475. The van der Waals surface area contributed by atoms with Gasteiger partial charge < -0.3 is 10.5 Å². The minimum absolute atomic E-state index is 0.791. The monoisotopic (exact) mass is 237 g/mol. The highest BCUT2D eigenvalue weighted by Gasteiger charge is 2.04. The second-order valence-electron chi connectivity index (χ2n) is 3.54. The standard InChI is InChI=1S/C11H15N3OS/c1-15-3-2-4-16-11-6-10-8(5-9(11)12)7-13-14-10/h5-7H,2-4,12H2,1H3,(H,13,14). The molecule has 0 saturated heterocycles. The zero-order valence-corrected chi connectivity index (χ0v) is 10.0. The molecule has 0 fully saturated rings. The fourth-order valence-electron chi connectivity index (χ4n) is 1.50. The first-order valence-electron chi connectivity index (χ1n) is 5.15. The normalized spacial score (nSPS) is 11.1. The molecule has 2 aromatic rings. The molecule has 86 valence electrons. The highest BCUT2D eigenvalue weighted by atomic mass is 32.2. The molecule has 0 saturated carbocycles. The Kier molecular flexibility index (Phi) is 3.69. The summed E-state index contributed by atoms with van der Waals surface area (Å²) in [6, 6.07) is 4.01. The predicted octanol–water partition coefficient (Wildman–Crippen LogP) is 2.27. The van der Waals surface area contributed by atoms with E-state index in [1.165, 1.54) is 0 Å². The molecule has 0 unspecified atom stereocenters. The van der Waals surface area contributed by atoms with Gasteiger partial charge in [0.1, 0.15) is 0 Å². The average Bonchev–Trinajstić information content (AvgIpc) is 2.71. The van der Waals surface area contributed by atoms with E-state index in [1.54, 1.807) is 25.1 Å². The van der Waals surface area contributed by atoms with Gasteiger partial charge in [0.15, 0.2) is 0 Å². The molecule has 1 aromatic heterocycles. The van der Waals surface area contributed by atoms with Gasteiger partial charge in [-0.3, -0.25) is 5.10 Å². The highest BCUT2D eigenvalue weighted by Crippen LogP contribution is 2.29. The van der Waals surface area contributed by atoms with E-state index in [9.17, 15) is 0 Å². The van der Waals surface area contributed by atoms with Crippen molar-refractivity contribution < 1.29 is 4.74 Å². The Hall–Kier alpha value is -1.20. The van der Waals surface area contributed by atoms with Crippen molar-refractivity contribution in [2.45, 2.75) is 11.3 Å². The number of nitrogens with zero attached hydrogens (tertiary/aromatic N) is 1. The van der Waals surface area contributed by atoms with Crippen molar-refractivity contribution in [1.82, 2.24) is 10.2 Å². The highest BCUT2D eigenvalue weighted by molar-refractivity contribution is 7.99. The molecule has 0 aliphatic carbocycles. The van der Waals surface area contributed by atoms with E-state index in [4.69, 9.17) is 10.5 Å². The number of nitrogen functional groups attached to an aromatic ring is 1. The van der Waals surface area contributed by atoms with Crippen LogP contribution in [0.1, 0.15) is 6.42 Å². The van der Waals surface area contributed by atoms with Crippen molar-refractivity contribution in [1.29, 1.82) is 0 Å². The lowest BCUT2D eigenvalue weighted by atomic mass is 10.2. The van der Waals surface area contributed by atoms with Crippen LogP contribution in [0.5, 0.6) is 0 Å². The molecular weight excluding hydrogens is 222 g/mol. The minimum Gasteiger partial charge on any atom is -0.398 e. The van der Waals surface area contributed by atoms with Crippen LogP contribution in [-0.4, -0.2) is 29.7 Å². The molecule has 0 bridgehead atoms. The molecule has 16 heavy (non-hydrogen) atoms. The maximum Gasteiger partial charge on any atom is 0.0662 e. The van der Waals surface area contributed by atoms with Gasteiger partial charge in [0.2, 0.25) is 0 Å². The van der Waals surface area contributed by atoms with E-state index in [2.05, 4.69) is 16.3 Å². The molecule has 0 aliphatic rings. The Morgan fingerprint density at radius 3 is 3.19 bits per heavy atom. The van der Waals surface area contributed by atoms with E-state index < -0.39 is 0 Å². The molecule has 3 N–H and O–H groups in total. The molecule has 0 amide bonds. The van der Waals surface area contributed by atoms with E-state index in [0.29, 0.717) is 0 Å². The summed E-state index contributed by atoms with van der Waals surface area (Å²) in [5, 5.41) is 7.98. The Balaban J connectivity index is 2.07. The number of H-pyrrole nitrogens is 1. The van der Waals surface area contributed by atoms with Gasteiger partial charge in [-0.1, -0.05) is 0 Å². The van der Waals surface area contributed by atoms with Gasteiger partial charge in [-0.15, -0.1) is 11.8 Å². The van der Waals surface area contributed by atoms with Gasteiger partial charge in [-0.2, -0.15) is 5.10 Å². The smallest absolute Gasteiger partial charge is 0.0662 e. The summed E-state index contributed by atoms with van der Waals surface area (Å²) in [5.74, 6) is 1.01. The van der Waals surface area contributed by atoms with Crippen molar-refractivity contribution in [3.8, 4) is 0 Å². The number of aromatic amines is 1. The molecule has 0 radical (unpaired) electrons. The summed E-state index contributed by atoms with van der Waals surface area (Å²) in [7, 11) is 1.72. The summed E-state index contributed by atoms with van der Waals surface area (Å²) in [6.07, 6.45) is 2.81. The number of rotatable bonds is 5. The van der Waals surface area contributed by atoms with Crippen LogP contribution in [0, 0.1) is 0 Å². The molecule has 0 atom stereocenters. The van der Waals surface area contributed by atoms with Crippen LogP contribution in [-0.2, 0) is 4.74 Å². The van der Waals surface area contributed by atoms with Crippen molar-refractivity contribution in [3.63, 3.8) is 0 Å². The molecule has 4 nitrogen and oxygen atoms in total. The first-order valence-corrected chi connectivity index (χ1v) is 6.14. The minimum atomic E-state index is 0.791. The van der Waals surface area contributed by atoms with Crippen LogP contribution in [0.3, 0.4) is 0 Å². The number of ether oxygens (including phenoxy) is 1. The number of nitrogens with one attached hydrogen (secondary N) is 1. The maximum atomic E-state index is 5.97. The number of hydrogen-bond donors (Lipinski definition) is 2. The first kappa shape index (κ1) is 11.3. The number of methoxy groups -OCH3 is 1. The molecule has 1 heterocycles. The van der Waals surface area contributed by atoms with Gasteiger partial charge in [-0.05, 0) is 18.6 Å². The van der Waals surface area contributed by atoms with Gasteiger partial charge in [0.25, 0.3) is 0 Å². The summed E-state index contributed by atoms with van der Waals surface area (Å²) >= 11 is 1.75. The Morgan fingerprint density at radius 1 is 1.50 bits per heavy atom. The SMILES string of the molecule is COCCCSc1cc2[nH]ncc2cc1N. The summed E-state index contributed by atoms with van der Waals surface area (Å²) in [4.78, 5) is 1.10.